The van der Waals surface area contributed by atoms with E-state index in [1.807, 2.05) is 42.5 Å². The number of anilines is 1. The molecule has 16 heavy (non-hydrogen) atoms. The SMILES string of the molecule is Cl.Nc1ccc(/N=N/c2ccccc2)cc1. The molecule has 0 bridgehead atoms. The Morgan fingerprint density at radius 1 is 0.688 bits per heavy atom. The Hall–Kier alpha value is -1.87. The van der Waals surface area contributed by atoms with E-state index < -0.39 is 0 Å². The highest BCUT2D eigenvalue weighted by Crippen LogP contribution is 2.18. The number of rotatable bonds is 2. The fraction of sp³-hybridized carbons (Fsp3) is 0. The average molecular weight is 234 g/mol. The van der Waals surface area contributed by atoms with Gasteiger partial charge in [0.2, 0.25) is 0 Å². The van der Waals surface area contributed by atoms with Gasteiger partial charge in [-0.2, -0.15) is 10.2 Å². The van der Waals surface area contributed by atoms with Crippen LogP contribution in [0.1, 0.15) is 0 Å². The third-order valence-electron chi connectivity index (χ3n) is 1.93. The van der Waals surface area contributed by atoms with Crippen molar-refractivity contribution in [2.45, 2.75) is 0 Å². The summed E-state index contributed by atoms with van der Waals surface area (Å²) in [5.74, 6) is 0. The first kappa shape index (κ1) is 12.2. The Balaban J connectivity index is 0.00000128. The molecule has 2 rings (SSSR count). The summed E-state index contributed by atoms with van der Waals surface area (Å²) >= 11 is 0. The largest absolute Gasteiger partial charge is 0.399 e. The van der Waals surface area contributed by atoms with E-state index in [-0.39, 0.29) is 12.4 Å². The molecule has 0 amide bonds. The Morgan fingerprint density at radius 2 is 1.19 bits per heavy atom. The van der Waals surface area contributed by atoms with Crippen molar-refractivity contribution in [1.82, 2.24) is 0 Å². The highest BCUT2D eigenvalue weighted by Gasteiger charge is 1.89. The third-order valence-corrected chi connectivity index (χ3v) is 1.93. The molecule has 82 valence electrons. The van der Waals surface area contributed by atoms with Crippen LogP contribution >= 0.6 is 12.4 Å². The smallest absolute Gasteiger partial charge is 0.0858 e. The zero-order valence-electron chi connectivity index (χ0n) is 8.58. The van der Waals surface area contributed by atoms with Crippen molar-refractivity contribution in [2.75, 3.05) is 5.73 Å². The third kappa shape index (κ3) is 3.37. The van der Waals surface area contributed by atoms with E-state index in [4.69, 9.17) is 5.73 Å². The van der Waals surface area contributed by atoms with Gasteiger partial charge in [0.1, 0.15) is 0 Å². The van der Waals surface area contributed by atoms with E-state index in [0.29, 0.717) is 0 Å². The van der Waals surface area contributed by atoms with Crippen LogP contribution in [-0.4, -0.2) is 0 Å². The van der Waals surface area contributed by atoms with E-state index in [1.54, 1.807) is 12.1 Å². The molecular formula is C12H12ClN3. The van der Waals surface area contributed by atoms with Gasteiger partial charge in [-0.3, -0.25) is 0 Å². The lowest BCUT2D eigenvalue weighted by Gasteiger charge is -1.93. The molecule has 2 N–H and O–H groups in total. The van der Waals surface area contributed by atoms with E-state index in [2.05, 4.69) is 10.2 Å². The predicted octanol–water partition coefficient (Wildman–Crippen LogP) is 4.11. The van der Waals surface area contributed by atoms with Crippen molar-refractivity contribution in [3.63, 3.8) is 0 Å². The zero-order valence-corrected chi connectivity index (χ0v) is 9.39. The Kier molecular flexibility index (Phi) is 4.48. The number of benzene rings is 2. The van der Waals surface area contributed by atoms with Gasteiger partial charge in [-0.1, -0.05) is 18.2 Å². The van der Waals surface area contributed by atoms with Gasteiger partial charge >= 0.3 is 0 Å². The molecule has 0 aliphatic heterocycles. The summed E-state index contributed by atoms with van der Waals surface area (Å²) in [5, 5.41) is 8.18. The molecule has 2 aromatic carbocycles. The molecule has 2 aromatic rings. The minimum atomic E-state index is 0. The van der Waals surface area contributed by atoms with Crippen molar-refractivity contribution < 1.29 is 0 Å². The molecule has 3 nitrogen and oxygen atoms in total. The van der Waals surface area contributed by atoms with Crippen LogP contribution in [0.5, 0.6) is 0 Å². The Morgan fingerprint density at radius 3 is 1.75 bits per heavy atom. The topological polar surface area (TPSA) is 50.7 Å². The first-order valence-corrected chi connectivity index (χ1v) is 4.67. The van der Waals surface area contributed by atoms with Crippen LogP contribution in [0.4, 0.5) is 17.1 Å². The maximum atomic E-state index is 5.56. The zero-order chi connectivity index (χ0) is 10.5. The minimum absolute atomic E-state index is 0. The van der Waals surface area contributed by atoms with Crippen molar-refractivity contribution >= 4 is 29.5 Å². The molecule has 0 aliphatic rings. The Labute approximate surface area is 100 Å². The second-order valence-corrected chi connectivity index (χ2v) is 3.13. The number of nitrogen functional groups attached to an aromatic ring is 1. The molecule has 0 heterocycles. The highest BCUT2D eigenvalue weighted by atomic mass is 35.5. The van der Waals surface area contributed by atoms with Crippen LogP contribution in [-0.2, 0) is 0 Å². The van der Waals surface area contributed by atoms with Gasteiger partial charge in [-0.25, -0.2) is 0 Å². The lowest BCUT2D eigenvalue weighted by Crippen LogP contribution is -1.80. The van der Waals surface area contributed by atoms with Crippen LogP contribution < -0.4 is 5.73 Å². The number of nitrogens with zero attached hydrogens (tertiary/aromatic N) is 2. The summed E-state index contributed by atoms with van der Waals surface area (Å²) in [6, 6.07) is 16.9. The number of halogens is 1. The van der Waals surface area contributed by atoms with Crippen LogP contribution in [0, 0.1) is 0 Å². The molecule has 0 fully saturated rings. The van der Waals surface area contributed by atoms with Crippen molar-refractivity contribution in [1.29, 1.82) is 0 Å². The summed E-state index contributed by atoms with van der Waals surface area (Å²) in [6.07, 6.45) is 0. The molecule has 0 radical (unpaired) electrons. The van der Waals surface area contributed by atoms with Crippen molar-refractivity contribution in [3.05, 3.63) is 54.6 Å². The molecular weight excluding hydrogens is 222 g/mol. The highest BCUT2D eigenvalue weighted by molar-refractivity contribution is 5.85. The summed E-state index contributed by atoms with van der Waals surface area (Å²) in [5.41, 5.74) is 7.93. The fourth-order valence-electron chi connectivity index (χ4n) is 1.15. The van der Waals surface area contributed by atoms with E-state index in [0.717, 1.165) is 17.1 Å². The molecule has 4 heteroatoms. The molecule has 0 aliphatic carbocycles. The number of nitrogens with two attached hydrogens (primary N) is 1. The standard InChI is InChI=1S/C12H11N3.ClH/c13-10-6-8-12(9-7-10)15-14-11-4-2-1-3-5-11;/h1-9H,13H2;1H/b15-14+;. The van der Waals surface area contributed by atoms with Crippen molar-refractivity contribution in [2.24, 2.45) is 10.2 Å². The van der Waals surface area contributed by atoms with Gasteiger partial charge in [0.05, 0.1) is 11.4 Å². The van der Waals surface area contributed by atoms with Crippen LogP contribution in [0.25, 0.3) is 0 Å². The Bertz CT molecular complexity index is 451. The van der Waals surface area contributed by atoms with Crippen LogP contribution in [0.2, 0.25) is 0 Å². The van der Waals surface area contributed by atoms with Gasteiger partial charge in [0.25, 0.3) is 0 Å². The molecule has 0 atom stereocenters. The molecule has 0 unspecified atom stereocenters. The monoisotopic (exact) mass is 233 g/mol. The maximum Gasteiger partial charge on any atom is 0.0858 e. The lowest BCUT2D eigenvalue weighted by molar-refractivity contribution is 1.23. The van der Waals surface area contributed by atoms with Gasteiger partial charge in [0, 0.05) is 5.69 Å². The summed E-state index contributed by atoms with van der Waals surface area (Å²) in [6.45, 7) is 0. The van der Waals surface area contributed by atoms with Crippen LogP contribution in [0.3, 0.4) is 0 Å². The molecule has 0 aromatic heterocycles. The average Bonchev–Trinajstić information content (AvgIpc) is 2.30. The second kappa shape index (κ2) is 5.88. The number of hydrogen-bond acceptors (Lipinski definition) is 3. The normalized spacial score (nSPS) is 10.0. The van der Waals surface area contributed by atoms with E-state index >= 15 is 0 Å². The minimum Gasteiger partial charge on any atom is -0.399 e. The van der Waals surface area contributed by atoms with Gasteiger partial charge < -0.3 is 5.73 Å². The van der Waals surface area contributed by atoms with Gasteiger partial charge in [-0.15, -0.1) is 12.4 Å². The molecule has 0 saturated heterocycles. The van der Waals surface area contributed by atoms with Crippen LogP contribution in [0.15, 0.2) is 64.8 Å². The summed E-state index contributed by atoms with van der Waals surface area (Å²) in [7, 11) is 0. The van der Waals surface area contributed by atoms with Gasteiger partial charge in [-0.05, 0) is 36.4 Å². The maximum absolute atomic E-state index is 5.56. The lowest BCUT2D eigenvalue weighted by atomic mass is 10.3. The fourth-order valence-corrected chi connectivity index (χ4v) is 1.15. The van der Waals surface area contributed by atoms with E-state index in [9.17, 15) is 0 Å². The first-order valence-electron chi connectivity index (χ1n) is 4.67. The number of azo groups is 1. The summed E-state index contributed by atoms with van der Waals surface area (Å²) in [4.78, 5) is 0. The number of hydrogen-bond donors (Lipinski definition) is 1. The second-order valence-electron chi connectivity index (χ2n) is 3.13. The molecule has 0 spiro atoms. The summed E-state index contributed by atoms with van der Waals surface area (Å²) < 4.78 is 0. The molecule has 0 saturated carbocycles. The quantitative estimate of drug-likeness (QED) is 0.616. The first-order chi connectivity index (χ1) is 7.34. The van der Waals surface area contributed by atoms with Crippen molar-refractivity contribution in [3.8, 4) is 0 Å². The predicted molar refractivity (Wildman–Crippen MR) is 68.7 cm³/mol. The van der Waals surface area contributed by atoms with Gasteiger partial charge in [0.15, 0.2) is 0 Å². The van der Waals surface area contributed by atoms with E-state index in [1.165, 1.54) is 0 Å².